The number of anilines is 1. The largest absolute Gasteiger partial charge is 0.486 e. The van der Waals surface area contributed by atoms with Gasteiger partial charge in [0.05, 0.1) is 11.9 Å². The molecule has 144 valence electrons. The van der Waals surface area contributed by atoms with Crippen LogP contribution in [0.5, 0.6) is 11.5 Å². The zero-order chi connectivity index (χ0) is 18.7. The number of benzene rings is 1. The number of nitrogens with zero attached hydrogens (tertiary/aromatic N) is 1. The lowest BCUT2D eigenvalue weighted by Crippen LogP contribution is -2.50. The summed E-state index contributed by atoms with van der Waals surface area (Å²) in [7, 11) is -3.65. The van der Waals surface area contributed by atoms with Crippen LogP contribution in [0.25, 0.3) is 0 Å². The van der Waals surface area contributed by atoms with Crippen LogP contribution in [0.1, 0.15) is 39.0 Å². The average Bonchev–Trinajstić information content (AvgIpc) is 2.61. The van der Waals surface area contributed by atoms with E-state index in [1.54, 1.807) is 25.1 Å². The van der Waals surface area contributed by atoms with Gasteiger partial charge in [0.2, 0.25) is 15.9 Å². The first-order valence-corrected chi connectivity index (χ1v) is 10.9. The van der Waals surface area contributed by atoms with Crippen LogP contribution < -0.4 is 19.1 Å². The minimum absolute atomic E-state index is 0.125. The Kier molecular flexibility index (Phi) is 5.60. The van der Waals surface area contributed by atoms with Crippen LogP contribution in [-0.4, -0.2) is 45.9 Å². The van der Waals surface area contributed by atoms with Crippen LogP contribution in [0.2, 0.25) is 0 Å². The second-order valence-electron chi connectivity index (χ2n) is 6.91. The Labute approximate surface area is 154 Å². The summed E-state index contributed by atoms with van der Waals surface area (Å²) in [6.45, 7) is 2.48. The Morgan fingerprint density at radius 2 is 1.81 bits per heavy atom. The van der Waals surface area contributed by atoms with Gasteiger partial charge in [-0.2, -0.15) is 0 Å². The second-order valence-corrected chi connectivity index (χ2v) is 8.77. The van der Waals surface area contributed by atoms with Crippen molar-refractivity contribution in [3.8, 4) is 11.5 Å². The molecule has 26 heavy (non-hydrogen) atoms. The van der Waals surface area contributed by atoms with Gasteiger partial charge in [-0.1, -0.05) is 19.3 Å². The van der Waals surface area contributed by atoms with Gasteiger partial charge in [0, 0.05) is 12.1 Å². The molecule has 1 aliphatic carbocycles. The van der Waals surface area contributed by atoms with Crippen molar-refractivity contribution in [1.29, 1.82) is 0 Å². The van der Waals surface area contributed by atoms with Crippen LogP contribution in [0.15, 0.2) is 18.2 Å². The molecule has 1 fully saturated rings. The van der Waals surface area contributed by atoms with Gasteiger partial charge < -0.3 is 14.8 Å². The standard InChI is InChI=1S/C18H26N2O5S/c1-13(18(21)19-14-6-4-3-5-7-14)20(26(2,22)23)15-8-9-16-17(12-15)25-11-10-24-16/h8-9,12-14H,3-7,10-11H2,1-2H3,(H,19,21)/t13-/m1/s1. The molecule has 1 aromatic rings. The van der Waals surface area contributed by atoms with E-state index in [1.807, 2.05) is 0 Å². The normalized spacial score (nSPS) is 18.8. The molecule has 1 saturated carbocycles. The topological polar surface area (TPSA) is 84.9 Å². The number of carbonyl (C=O) groups is 1. The third-order valence-corrected chi connectivity index (χ3v) is 6.06. The summed E-state index contributed by atoms with van der Waals surface area (Å²) in [5.74, 6) is 0.785. The van der Waals surface area contributed by atoms with E-state index in [-0.39, 0.29) is 11.9 Å². The smallest absolute Gasteiger partial charge is 0.243 e. The van der Waals surface area contributed by atoms with Crippen molar-refractivity contribution >= 4 is 21.6 Å². The molecule has 0 spiro atoms. The van der Waals surface area contributed by atoms with Crippen molar-refractivity contribution < 1.29 is 22.7 Å². The zero-order valence-corrected chi connectivity index (χ0v) is 16.0. The summed E-state index contributed by atoms with van der Waals surface area (Å²) < 4.78 is 37.0. The molecule has 0 bridgehead atoms. The van der Waals surface area contributed by atoms with E-state index in [0.717, 1.165) is 36.2 Å². The molecule has 0 aromatic heterocycles. The number of nitrogens with one attached hydrogen (secondary N) is 1. The summed E-state index contributed by atoms with van der Waals surface area (Å²) >= 11 is 0. The maximum absolute atomic E-state index is 12.7. The van der Waals surface area contributed by atoms with Crippen molar-refractivity contribution in [3.63, 3.8) is 0 Å². The lowest BCUT2D eigenvalue weighted by molar-refractivity contribution is -0.122. The minimum Gasteiger partial charge on any atom is -0.486 e. The first-order chi connectivity index (χ1) is 12.4. The predicted molar refractivity (Wildman–Crippen MR) is 99.2 cm³/mol. The van der Waals surface area contributed by atoms with Gasteiger partial charge in [-0.25, -0.2) is 8.42 Å². The van der Waals surface area contributed by atoms with Gasteiger partial charge in [-0.05, 0) is 31.9 Å². The molecule has 2 aliphatic rings. The van der Waals surface area contributed by atoms with Gasteiger partial charge in [0.1, 0.15) is 19.3 Å². The molecule has 1 aromatic carbocycles. The number of carbonyl (C=O) groups excluding carboxylic acids is 1. The quantitative estimate of drug-likeness (QED) is 0.843. The highest BCUT2D eigenvalue weighted by Crippen LogP contribution is 2.35. The Hall–Kier alpha value is -1.96. The van der Waals surface area contributed by atoms with Crippen LogP contribution in [0, 0.1) is 0 Å². The molecule has 8 heteroatoms. The highest BCUT2D eigenvalue weighted by molar-refractivity contribution is 7.92. The first kappa shape index (κ1) is 18.8. The highest BCUT2D eigenvalue weighted by Gasteiger charge is 2.31. The molecule has 1 atom stereocenters. The highest BCUT2D eigenvalue weighted by atomic mass is 32.2. The minimum atomic E-state index is -3.65. The Morgan fingerprint density at radius 3 is 2.46 bits per heavy atom. The van der Waals surface area contributed by atoms with Crippen LogP contribution in [0.4, 0.5) is 5.69 Å². The fourth-order valence-electron chi connectivity index (χ4n) is 3.55. The van der Waals surface area contributed by atoms with Gasteiger partial charge in [-0.15, -0.1) is 0 Å². The molecule has 7 nitrogen and oxygen atoms in total. The molecule has 1 aliphatic heterocycles. The van der Waals surface area contributed by atoms with Crippen molar-refractivity contribution in [2.75, 3.05) is 23.8 Å². The van der Waals surface area contributed by atoms with E-state index < -0.39 is 16.1 Å². The molecular formula is C18H26N2O5S. The van der Waals surface area contributed by atoms with Gasteiger partial charge in [0.25, 0.3) is 0 Å². The second kappa shape index (κ2) is 7.73. The number of amides is 1. The number of hydrogen-bond donors (Lipinski definition) is 1. The van der Waals surface area contributed by atoms with E-state index in [4.69, 9.17) is 9.47 Å². The van der Waals surface area contributed by atoms with Crippen LogP contribution in [0.3, 0.4) is 0 Å². The molecule has 1 N–H and O–H groups in total. The fourth-order valence-corrected chi connectivity index (χ4v) is 4.71. The van der Waals surface area contributed by atoms with Crippen molar-refractivity contribution in [2.45, 2.75) is 51.1 Å². The number of hydrogen-bond acceptors (Lipinski definition) is 5. The maximum Gasteiger partial charge on any atom is 0.243 e. The van der Waals surface area contributed by atoms with E-state index in [0.29, 0.717) is 30.4 Å². The Morgan fingerprint density at radius 1 is 1.15 bits per heavy atom. The number of ether oxygens (including phenoxy) is 2. The van der Waals surface area contributed by atoms with Gasteiger partial charge in [0.15, 0.2) is 11.5 Å². The number of rotatable bonds is 5. The molecule has 0 radical (unpaired) electrons. The molecule has 3 rings (SSSR count). The average molecular weight is 382 g/mol. The van der Waals surface area contributed by atoms with Crippen molar-refractivity contribution in [3.05, 3.63) is 18.2 Å². The van der Waals surface area contributed by atoms with Crippen molar-refractivity contribution in [1.82, 2.24) is 5.32 Å². The SMILES string of the molecule is C[C@H](C(=O)NC1CCCCC1)N(c1ccc2c(c1)OCCO2)S(C)(=O)=O. The van der Waals surface area contributed by atoms with E-state index in [2.05, 4.69) is 5.32 Å². The van der Waals surface area contributed by atoms with E-state index >= 15 is 0 Å². The number of fused-ring (bicyclic) bond motifs is 1. The zero-order valence-electron chi connectivity index (χ0n) is 15.2. The van der Waals surface area contributed by atoms with E-state index in [1.165, 1.54) is 6.42 Å². The summed E-state index contributed by atoms with van der Waals surface area (Å²) in [6.07, 6.45) is 6.38. The Balaban J connectivity index is 1.82. The van der Waals surface area contributed by atoms with Crippen LogP contribution in [-0.2, 0) is 14.8 Å². The molecule has 0 unspecified atom stereocenters. The summed E-state index contributed by atoms with van der Waals surface area (Å²) in [5, 5.41) is 3.00. The Bertz CT molecular complexity index is 759. The van der Waals surface area contributed by atoms with Gasteiger partial charge >= 0.3 is 0 Å². The summed E-state index contributed by atoms with van der Waals surface area (Å²) in [6, 6.07) is 4.20. The third kappa shape index (κ3) is 4.23. The summed E-state index contributed by atoms with van der Waals surface area (Å²) in [4.78, 5) is 12.7. The van der Waals surface area contributed by atoms with E-state index in [9.17, 15) is 13.2 Å². The predicted octanol–water partition coefficient (Wildman–Crippen LogP) is 2.06. The van der Waals surface area contributed by atoms with Crippen LogP contribution >= 0.6 is 0 Å². The molecule has 0 saturated heterocycles. The fraction of sp³-hybridized carbons (Fsp3) is 0.611. The number of sulfonamides is 1. The first-order valence-electron chi connectivity index (χ1n) is 9.05. The molecule has 1 amide bonds. The summed E-state index contributed by atoms with van der Waals surface area (Å²) in [5.41, 5.74) is 0.392. The molecule has 1 heterocycles. The van der Waals surface area contributed by atoms with Crippen molar-refractivity contribution in [2.24, 2.45) is 0 Å². The lowest BCUT2D eigenvalue weighted by Gasteiger charge is -2.31. The lowest BCUT2D eigenvalue weighted by atomic mass is 9.95. The molecular weight excluding hydrogens is 356 g/mol. The monoisotopic (exact) mass is 382 g/mol. The third-order valence-electron chi connectivity index (χ3n) is 4.82. The van der Waals surface area contributed by atoms with Gasteiger partial charge in [-0.3, -0.25) is 9.10 Å². The maximum atomic E-state index is 12.7.